The van der Waals surface area contributed by atoms with Crippen molar-refractivity contribution < 1.29 is 17.6 Å². The predicted octanol–water partition coefficient (Wildman–Crippen LogP) is 5.06. The zero-order valence-corrected chi connectivity index (χ0v) is 12.7. The molecule has 1 aromatic carbocycles. The standard InChI is InChI=1S/C13H11ClF4N2S/c1-6(2)12-20-19-9(21-12)5-7-3-4-8(13(16,17)18)10(14)11(7)15/h3-4,6H,5H2,1-2H3. The molecule has 0 saturated heterocycles. The predicted molar refractivity (Wildman–Crippen MR) is 73.2 cm³/mol. The Morgan fingerprint density at radius 1 is 1.24 bits per heavy atom. The molecule has 0 atom stereocenters. The van der Waals surface area contributed by atoms with E-state index in [-0.39, 0.29) is 17.9 Å². The molecule has 0 radical (unpaired) electrons. The fourth-order valence-electron chi connectivity index (χ4n) is 1.68. The van der Waals surface area contributed by atoms with Crippen molar-refractivity contribution in [2.75, 3.05) is 0 Å². The first-order valence-electron chi connectivity index (χ1n) is 6.06. The Morgan fingerprint density at radius 2 is 1.90 bits per heavy atom. The summed E-state index contributed by atoms with van der Waals surface area (Å²) in [6.07, 6.45) is -4.61. The summed E-state index contributed by atoms with van der Waals surface area (Å²) in [5, 5.41) is 8.29. The second kappa shape index (κ2) is 5.88. The van der Waals surface area contributed by atoms with Crippen LogP contribution in [0.25, 0.3) is 0 Å². The van der Waals surface area contributed by atoms with Gasteiger partial charge in [0.15, 0.2) is 0 Å². The molecule has 2 rings (SSSR count). The molecule has 0 amide bonds. The van der Waals surface area contributed by atoms with Crippen molar-refractivity contribution in [2.45, 2.75) is 32.4 Å². The molecule has 0 saturated carbocycles. The number of benzene rings is 1. The third-order valence-corrected chi connectivity index (χ3v) is 4.38. The highest BCUT2D eigenvalue weighted by Gasteiger charge is 2.35. The van der Waals surface area contributed by atoms with Gasteiger partial charge in [0.05, 0.1) is 10.6 Å². The summed E-state index contributed by atoms with van der Waals surface area (Å²) in [5.74, 6) is -0.870. The van der Waals surface area contributed by atoms with Crippen LogP contribution in [0.3, 0.4) is 0 Å². The van der Waals surface area contributed by atoms with E-state index in [4.69, 9.17) is 11.6 Å². The Bertz CT molecular complexity index is 652. The number of rotatable bonds is 3. The van der Waals surface area contributed by atoms with E-state index >= 15 is 0 Å². The molecular formula is C13H11ClF4N2S. The van der Waals surface area contributed by atoms with E-state index in [1.54, 1.807) is 0 Å². The summed E-state index contributed by atoms with van der Waals surface area (Å²) in [7, 11) is 0. The van der Waals surface area contributed by atoms with Crippen LogP contribution < -0.4 is 0 Å². The first-order valence-corrected chi connectivity index (χ1v) is 7.26. The molecule has 8 heteroatoms. The summed E-state index contributed by atoms with van der Waals surface area (Å²) in [4.78, 5) is 0. The number of alkyl halides is 3. The van der Waals surface area contributed by atoms with Crippen molar-refractivity contribution in [1.82, 2.24) is 10.2 Å². The highest BCUT2D eigenvalue weighted by atomic mass is 35.5. The molecular weight excluding hydrogens is 328 g/mol. The van der Waals surface area contributed by atoms with Crippen molar-refractivity contribution in [3.63, 3.8) is 0 Å². The lowest BCUT2D eigenvalue weighted by atomic mass is 10.1. The zero-order valence-electron chi connectivity index (χ0n) is 11.1. The van der Waals surface area contributed by atoms with Gasteiger partial charge in [0, 0.05) is 12.3 Å². The molecule has 0 spiro atoms. The van der Waals surface area contributed by atoms with E-state index in [1.165, 1.54) is 11.3 Å². The molecule has 0 aliphatic rings. The van der Waals surface area contributed by atoms with E-state index in [0.717, 1.165) is 17.1 Å². The normalized spacial score (nSPS) is 12.2. The summed E-state index contributed by atoms with van der Waals surface area (Å²) in [6, 6.07) is 1.87. The first-order chi connectivity index (χ1) is 9.70. The molecule has 21 heavy (non-hydrogen) atoms. The van der Waals surface area contributed by atoms with Crippen molar-refractivity contribution in [3.8, 4) is 0 Å². The van der Waals surface area contributed by atoms with Crippen LogP contribution in [-0.4, -0.2) is 10.2 Å². The lowest BCUT2D eigenvalue weighted by Gasteiger charge is -2.11. The van der Waals surface area contributed by atoms with Crippen LogP contribution in [-0.2, 0) is 12.6 Å². The molecule has 0 aliphatic heterocycles. The largest absolute Gasteiger partial charge is 0.417 e. The summed E-state index contributed by atoms with van der Waals surface area (Å²) in [6.45, 7) is 3.89. The molecule has 1 heterocycles. The van der Waals surface area contributed by atoms with E-state index in [0.29, 0.717) is 5.01 Å². The SMILES string of the molecule is CC(C)c1nnc(Cc2ccc(C(F)(F)F)c(Cl)c2F)s1. The van der Waals surface area contributed by atoms with Gasteiger partial charge in [-0.15, -0.1) is 21.5 Å². The van der Waals surface area contributed by atoms with E-state index in [2.05, 4.69) is 10.2 Å². The summed E-state index contributed by atoms with van der Waals surface area (Å²) < 4.78 is 51.8. The van der Waals surface area contributed by atoms with Crippen LogP contribution in [0.4, 0.5) is 17.6 Å². The molecule has 0 unspecified atom stereocenters. The molecule has 0 N–H and O–H groups in total. The number of halogens is 5. The van der Waals surface area contributed by atoms with E-state index < -0.39 is 22.6 Å². The molecule has 0 aliphatic carbocycles. The fraction of sp³-hybridized carbons (Fsp3) is 0.385. The van der Waals surface area contributed by atoms with Crippen molar-refractivity contribution >= 4 is 22.9 Å². The molecule has 2 nitrogen and oxygen atoms in total. The Hall–Kier alpha value is -1.21. The van der Waals surface area contributed by atoms with E-state index in [1.807, 2.05) is 13.8 Å². The first kappa shape index (κ1) is 16.2. The summed E-state index contributed by atoms with van der Waals surface area (Å²) >= 11 is 6.78. The lowest BCUT2D eigenvalue weighted by Crippen LogP contribution is -2.08. The van der Waals surface area contributed by atoms with Crippen LogP contribution in [0, 0.1) is 5.82 Å². The van der Waals surface area contributed by atoms with Gasteiger partial charge in [-0.2, -0.15) is 13.2 Å². The van der Waals surface area contributed by atoms with E-state index in [9.17, 15) is 17.6 Å². The van der Waals surface area contributed by atoms with Gasteiger partial charge in [-0.25, -0.2) is 4.39 Å². The lowest BCUT2D eigenvalue weighted by molar-refractivity contribution is -0.137. The third kappa shape index (κ3) is 3.52. The maximum absolute atomic E-state index is 14.0. The van der Waals surface area contributed by atoms with Gasteiger partial charge in [0.1, 0.15) is 15.8 Å². The van der Waals surface area contributed by atoms with Crippen LogP contribution in [0.15, 0.2) is 12.1 Å². The van der Waals surface area contributed by atoms with Gasteiger partial charge in [-0.05, 0) is 11.6 Å². The smallest absolute Gasteiger partial charge is 0.205 e. The minimum Gasteiger partial charge on any atom is -0.205 e. The van der Waals surface area contributed by atoms with Crippen LogP contribution >= 0.6 is 22.9 Å². The van der Waals surface area contributed by atoms with Gasteiger partial charge >= 0.3 is 6.18 Å². The molecule has 0 bridgehead atoms. The van der Waals surface area contributed by atoms with Crippen LogP contribution in [0.2, 0.25) is 5.02 Å². The topological polar surface area (TPSA) is 25.8 Å². The van der Waals surface area contributed by atoms with Gasteiger partial charge in [-0.1, -0.05) is 31.5 Å². The highest BCUT2D eigenvalue weighted by molar-refractivity contribution is 7.11. The second-order valence-corrected chi connectivity index (χ2v) is 6.24. The van der Waals surface area contributed by atoms with Gasteiger partial charge in [-0.3, -0.25) is 0 Å². The van der Waals surface area contributed by atoms with Gasteiger partial charge < -0.3 is 0 Å². The maximum atomic E-state index is 14.0. The average Bonchev–Trinajstić information content (AvgIpc) is 2.82. The molecule has 2 aromatic rings. The third-order valence-electron chi connectivity index (χ3n) is 2.79. The van der Waals surface area contributed by atoms with Gasteiger partial charge in [0.2, 0.25) is 0 Å². The zero-order chi connectivity index (χ0) is 15.8. The number of nitrogens with zero attached hydrogens (tertiary/aromatic N) is 2. The Kier molecular flexibility index (Phi) is 4.53. The molecule has 1 aromatic heterocycles. The van der Waals surface area contributed by atoms with Crippen molar-refractivity contribution in [1.29, 1.82) is 0 Å². The minimum atomic E-state index is -4.68. The molecule has 114 valence electrons. The fourth-order valence-corrected chi connectivity index (χ4v) is 2.84. The number of aromatic nitrogens is 2. The maximum Gasteiger partial charge on any atom is 0.417 e. The Balaban J connectivity index is 2.31. The quantitative estimate of drug-likeness (QED) is 0.731. The van der Waals surface area contributed by atoms with Crippen molar-refractivity contribution in [2.24, 2.45) is 0 Å². The van der Waals surface area contributed by atoms with Crippen LogP contribution in [0.5, 0.6) is 0 Å². The second-order valence-electron chi connectivity index (χ2n) is 4.76. The average molecular weight is 339 g/mol. The number of hydrogen-bond donors (Lipinski definition) is 0. The highest BCUT2D eigenvalue weighted by Crippen LogP contribution is 2.37. The summed E-state index contributed by atoms with van der Waals surface area (Å²) in [5.41, 5.74) is -1.11. The Morgan fingerprint density at radius 3 is 2.43 bits per heavy atom. The number of hydrogen-bond acceptors (Lipinski definition) is 3. The Labute approximate surface area is 127 Å². The molecule has 0 fully saturated rings. The minimum absolute atomic E-state index is 0.0636. The monoisotopic (exact) mass is 338 g/mol. The van der Waals surface area contributed by atoms with Crippen LogP contribution in [0.1, 0.15) is 40.9 Å². The van der Waals surface area contributed by atoms with Gasteiger partial charge in [0.25, 0.3) is 0 Å². The van der Waals surface area contributed by atoms with Crippen molar-refractivity contribution in [3.05, 3.63) is 44.1 Å².